The number of hydrogen-bond acceptors (Lipinski definition) is 4. The van der Waals surface area contributed by atoms with Gasteiger partial charge in [0.25, 0.3) is 0 Å². The molecule has 0 radical (unpaired) electrons. The molecule has 3 N–H and O–H groups in total. The van der Waals surface area contributed by atoms with Gasteiger partial charge in [0.05, 0.1) is 6.04 Å². The second-order valence-corrected chi connectivity index (χ2v) is 11.8. The number of halogens is 1. The van der Waals surface area contributed by atoms with Gasteiger partial charge < -0.3 is 10.2 Å². The number of piperidine rings is 1. The lowest BCUT2D eigenvalue weighted by Gasteiger charge is -2.35. The maximum Gasteiger partial charge on any atom is 0.223 e. The molecular formula is C30H39FN4O. The zero-order valence-corrected chi connectivity index (χ0v) is 21.1. The molecule has 2 aromatic rings. The number of benzene rings is 2. The highest BCUT2D eigenvalue weighted by atomic mass is 19.1. The van der Waals surface area contributed by atoms with Crippen LogP contribution in [0.4, 0.5) is 4.39 Å². The van der Waals surface area contributed by atoms with Crippen LogP contribution in [0.3, 0.4) is 0 Å². The van der Waals surface area contributed by atoms with Gasteiger partial charge in [-0.2, -0.15) is 0 Å². The van der Waals surface area contributed by atoms with Gasteiger partial charge in [0.15, 0.2) is 0 Å². The summed E-state index contributed by atoms with van der Waals surface area (Å²) in [5, 5.41) is 3.40. The molecule has 3 unspecified atom stereocenters. The van der Waals surface area contributed by atoms with Crippen LogP contribution >= 0.6 is 0 Å². The third-order valence-corrected chi connectivity index (χ3v) is 9.72. The number of rotatable bonds is 7. The Hall–Kier alpha value is -2.28. The SMILES string of the molecule is O=C(NCC1(c2ccccc2)CCCC1)C1CC12CCN(CC1CNNC1c1ccc(F)cc1)CC2. The molecule has 2 aromatic carbocycles. The third kappa shape index (κ3) is 4.71. The molecule has 2 aliphatic heterocycles. The average Bonchev–Trinajstić information content (AvgIpc) is 3.23. The van der Waals surface area contributed by atoms with Crippen molar-refractivity contribution in [2.45, 2.75) is 56.4 Å². The summed E-state index contributed by atoms with van der Waals surface area (Å²) in [7, 11) is 0. The molecule has 2 saturated heterocycles. The minimum Gasteiger partial charge on any atom is -0.355 e. The van der Waals surface area contributed by atoms with Crippen LogP contribution < -0.4 is 16.2 Å². The van der Waals surface area contributed by atoms with Gasteiger partial charge in [-0.05, 0) is 73.9 Å². The maximum absolute atomic E-state index is 13.4. The number of carbonyl (C=O) groups excluding carboxylic acids is 1. The number of hydrogen-bond donors (Lipinski definition) is 3. The van der Waals surface area contributed by atoms with E-state index >= 15 is 0 Å². The van der Waals surface area contributed by atoms with Crippen LogP contribution in [0.1, 0.15) is 62.1 Å². The predicted molar refractivity (Wildman–Crippen MR) is 140 cm³/mol. The van der Waals surface area contributed by atoms with Gasteiger partial charge in [-0.3, -0.25) is 10.2 Å². The number of nitrogens with zero attached hydrogens (tertiary/aromatic N) is 1. The highest BCUT2D eigenvalue weighted by molar-refractivity contribution is 5.82. The molecule has 3 atom stereocenters. The smallest absolute Gasteiger partial charge is 0.223 e. The van der Waals surface area contributed by atoms with E-state index in [1.165, 1.54) is 31.2 Å². The molecule has 0 aromatic heterocycles. The molecule has 4 aliphatic rings. The van der Waals surface area contributed by atoms with Gasteiger partial charge in [0.1, 0.15) is 5.82 Å². The number of hydrazine groups is 1. The van der Waals surface area contributed by atoms with Crippen molar-refractivity contribution in [1.29, 1.82) is 0 Å². The van der Waals surface area contributed by atoms with E-state index in [4.69, 9.17) is 0 Å². The largest absolute Gasteiger partial charge is 0.355 e. The van der Waals surface area contributed by atoms with Crippen LogP contribution in [0.5, 0.6) is 0 Å². The molecule has 192 valence electrons. The molecule has 1 spiro atoms. The van der Waals surface area contributed by atoms with Gasteiger partial charge in [-0.25, -0.2) is 9.82 Å². The minimum absolute atomic E-state index is 0.118. The topological polar surface area (TPSA) is 56.4 Å². The van der Waals surface area contributed by atoms with Crippen LogP contribution in [0.15, 0.2) is 54.6 Å². The van der Waals surface area contributed by atoms with Crippen molar-refractivity contribution in [2.75, 3.05) is 32.7 Å². The van der Waals surface area contributed by atoms with E-state index in [9.17, 15) is 9.18 Å². The van der Waals surface area contributed by atoms with Crippen molar-refractivity contribution in [1.82, 2.24) is 21.1 Å². The van der Waals surface area contributed by atoms with E-state index in [1.54, 1.807) is 12.1 Å². The van der Waals surface area contributed by atoms with Crippen molar-refractivity contribution in [2.24, 2.45) is 17.3 Å². The zero-order valence-electron chi connectivity index (χ0n) is 21.1. The Morgan fingerprint density at radius 2 is 1.72 bits per heavy atom. The summed E-state index contributed by atoms with van der Waals surface area (Å²) in [5.74, 6) is 0.731. The number of nitrogens with one attached hydrogen (secondary N) is 3. The van der Waals surface area contributed by atoms with Gasteiger partial charge in [-0.15, -0.1) is 0 Å². The van der Waals surface area contributed by atoms with E-state index in [0.29, 0.717) is 5.92 Å². The highest BCUT2D eigenvalue weighted by Crippen LogP contribution is 2.59. The predicted octanol–water partition coefficient (Wildman–Crippen LogP) is 4.32. The average molecular weight is 491 g/mol. The second kappa shape index (κ2) is 9.88. The lowest BCUT2D eigenvalue weighted by atomic mass is 9.78. The molecule has 4 fully saturated rings. The normalized spacial score (nSPS) is 28.9. The Bertz CT molecular complexity index is 1040. The standard InChI is InChI=1S/C30H39FN4O/c31-25-10-8-22(9-11-25)27-23(19-33-34-27)20-35-16-14-29(15-17-35)18-26(29)28(36)32-21-30(12-4-5-13-30)24-6-2-1-3-7-24/h1-3,6-11,23,26-27,33-34H,4-5,12-21H2,(H,32,36). The molecule has 0 bridgehead atoms. The quantitative estimate of drug-likeness (QED) is 0.541. The van der Waals surface area contributed by atoms with E-state index in [-0.39, 0.29) is 34.5 Å². The van der Waals surface area contributed by atoms with Crippen LogP contribution in [0.2, 0.25) is 0 Å². The van der Waals surface area contributed by atoms with Crippen LogP contribution in [0.25, 0.3) is 0 Å². The monoisotopic (exact) mass is 490 g/mol. The summed E-state index contributed by atoms with van der Waals surface area (Å²) in [4.78, 5) is 15.8. The summed E-state index contributed by atoms with van der Waals surface area (Å²) in [6, 6.07) is 17.9. The van der Waals surface area contributed by atoms with Gasteiger partial charge in [0, 0.05) is 36.9 Å². The van der Waals surface area contributed by atoms with Crippen LogP contribution in [-0.4, -0.2) is 43.5 Å². The Balaban J connectivity index is 1.00. The number of likely N-dealkylation sites (tertiary alicyclic amines) is 1. The molecular weight excluding hydrogens is 451 g/mol. The van der Waals surface area contributed by atoms with E-state index < -0.39 is 0 Å². The van der Waals surface area contributed by atoms with Crippen molar-refractivity contribution in [3.63, 3.8) is 0 Å². The second-order valence-electron chi connectivity index (χ2n) is 11.8. The first-order valence-corrected chi connectivity index (χ1v) is 13.9. The van der Waals surface area contributed by atoms with E-state index in [0.717, 1.165) is 57.5 Å². The summed E-state index contributed by atoms with van der Waals surface area (Å²) >= 11 is 0. The molecule has 2 saturated carbocycles. The summed E-state index contributed by atoms with van der Waals surface area (Å²) in [5.41, 5.74) is 9.54. The molecule has 6 heteroatoms. The fourth-order valence-corrected chi connectivity index (χ4v) is 7.31. The molecule has 2 heterocycles. The number of carbonyl (C=O) groups is 1. The third-order valence-electron chi connectivity index (χ3n) is 9.72. The molecule has 1 amide bonds. The summed E-state index contributed by atoms with van der Waals surface area (Å²) in [6.07, 6.45) is 8.13. The zero-order chi connectivity index (χ0) is 24.6. The summed E-state index contributed by atoms with van der Waals surface area (Å²) < 4.78 is 13.4. The van der Waals surface area contributed by atoms with Gasteiger partial charge >= 0.3 is 0 Å². The van der Waals surface area contributed by atoms with Gasteiger partial charge in [-0.1, -0.05) is 55.3 Å². The first-order valence-electron chi connectivity index (χ1n) is 13.9. The first kappa shape index (κ1) is 24.1. The van der Waals surface area contributed by atoms with Crippen LogP contribution in [0, 0.1) is 23.1 Å². The fraction of sp³-hybridized carbons (Fsp3) is 0.567. The van der Waals surface area contributed by atoms with Gasteiger partial charge in [0.2, 0.25) is 5.91 Å². The fourth-order valence-electron chi connectivity index (χ4n) is 7.31. The lowest BCUT2D eigenvalue weighted by Crippen LogP contribution is -2.42. The molecule has 5 nitrogen and oxygen atoms in total. The molecule has 2 aliphatic carbocycles. The number of amides is 1. The molecule has 36 heavy (non-hydrogen) atoms. The Kier molecular flexibility index (Phi) is 6.61. The summed E-state index contributed by atoms with van der Waals surface area (Å²) in [6.45, 7) is 4.84. The van der Waals surface area contributed by atoms with Crippen molar-refractivity contribution in [3.05, 3.63) is 71.5 Å². The Labute approximate surface area is 214 Å². The highest BCUT2D eigenvalue weighted by Gasteiger charge is 2.58. The Morgan fingerprint density at radius 3 is 2.44 bits per heavy atom. The lowest BCUT2D eigenvalue weighted by molar-refractivity contribution is -0.123. The Morgan fingerprint density at radius 1 is 1.00 bits per heavy atom. The van der Waals surface area contributed by atoms with Crippen molar-refractivity contribution in [3.8, 4) is 0 Å². The van der Waals surface area contributed by atoms with Crippen LogP contribution in [-0.2, 0) is 10.2 Å². The first-order chi connectivity index (χ1) is 17.6. The van der Waals surface area contributed by atoms with E-state index in [2.05, 4.69) is 51.4 Å². The van der Waals surface area contributed by atoms with Crippen molar-refractivity contribution < 1.29 is 9.18 Å². The molecule has 6 rings (SSSR count). The van der Waals surface area contributed by atoms with Crippen molar-refractivity contribution >= 4 is 5.91 Å². The minimum atomic E-state index is -0.191. The maximum atomic E-state index is 13.4. The van der Waals surface area contributed by atoms with E-state index in [1.807, 2.05) is 12.1 Å².